The van der Waals surface area contributed by atoms with Gasteiger partial charge in [0.25, 0.3) is 0 Å². The monoisotopic (exact) mass is 327 g/mol. The highest BCUT2D eigenvalue weighted by molar-refractivity contribution is 7.16. The second kappa shape index (κ2) is 5.95. The molecule has 4 heteroatoms. The number of carbonyl (C=O) groups excluding carboxylic acids is 1. The van der Waals surface area contributed by atoms with Gasteiger partial charge in [0, 0.05) is 21.0 Å². The highest BCUT2D eigenvalue weighted by Crippen LogP contribution is 2.39. The van der Waals surface area contributed by atoms with Crippen molar-refractivity contribution in [2.75, 3.05) is 5.73 Å². The number of nitrogens with two attached hydrogens (primary N) is 1. The van der Waals surface area contributed by atoms with Crippen molar-refractivity contribution in [2.24, 2.45) is 0 Å². The molecule has 0 saturated heterocycles. The number of hydrogen-bond acceptors (Lipinski definition) is 3. The third kappa shape index (κ3) is 2.65. The van der Waals surface area contributed by atoms with Crippen LogP contribution in [0.3, 0.4) is 0 Å². The van der Waals surface area contributed by atoms with Gasteiger partial charge < -0.3 is 5.73 Å². The fourth-order valence-electron chi connectivity index (χ4n) is 2.49. The number of ketones is 1. The van der Waals surface area contributed by atoms with Gasteiger partial charge in [0.1, 0.15) is 0 Å². The summed E-state index contributed by atoms with van der Waals surface area (Å²) < 4.78 is 0. The lowest BCUT2D eigenvalue weighted by atomic mass is 9.95. The molecule has 2 aromatic carbocycles. The Labute approximate surface area is 138 Å². The fourth-order valence-corrected chi connectivity index (χ4v) is 3.56. The Kier molecular flexibility index (Phi) is 4.01. The van der Waals surface area contributed by atoms with Gasteiger partial charge in [-0.15, -0.1) is 11.3 Å². The first-order valence-electron chi connectivity index (χ1n) is 6.82. The molecule has 0 amide bonds. The number of halogens is 1. The molecule has 0 atom stereocenters. The predicted molar refractivity (Wildman–Crippen MR) is 93.8 cm³/mol. The Bertz CT molecular complexity index is 822. The summed E-state index contributed by atoms with van der Waals surface area (Å²) in [6, 6.07) is 16.7. The molecule has 0 bridgehead atoms. The number of benzene rings is 2. The van der Waals surface area contributed by atoms with Crippen molar-refractivity contribution in [1.82, 2.24) is 0 Å². The average Bonchev–Trinajstić information content (AvgIpc) is 2.82. The number of anilines is 1. The molecule has 2 N–H and O–H groups in total. The van der Waals surface area contributed by atoms with E-state index in [1.807, 2.05) is 37.3 Å². The van der Waals surface area contributed by atoms with Gasteiger partial charge in [-0.2, -0.15) is 0 Å². The number of rotatable bonds is 3. The first kappa shape index (κ1) is 14.8. The molecule has 0 unspecified atom stereocenters. The number of carbonyl (C=O) groups is 1. The minimum absolute atomic E-state index is 0.0719. The molecule has 1 heterocycles. The van der Waals surface area contributed by atoms with Crippen molar-refractivity contribution in [2.45, 2.75) is 6.92 Å². The van der Waals surface area contributed by atoms with Gasteiger partial charge in [0.05, 0.1) is 10.6 Å². The average molecular weight is 328 g/mol. The molecule has 0 spiro atoms. The molecule has 0 radical (unpaired) electrons. The van der Waals surface area contributed by atoms with Crippen molar-refractivity contribution < 1.29 is 4.79 Å². The topological polar surface area (TPSA) is 43.1 Å². The Morgan fingerprint density at radius 1 is 1.05 bits per heavy atom. The predicted octanol–water partition coefficient (Wildman–Crippen LogP) is 5.19. The van der Waals surface area contributed by atoms with E-state index in [1.54, 1.807) is 24.3 Å². The number of thiophene rings is 1. The summed E-state index contributed by atoms with van der Waals surface area (Å²) in [4.78, 5) is 13.9. The van der Waals surface area contributed by atoms with E-state index in [9.17, 15) is 4.79 Å². The van der Waals surface area contributed by atoms with Crippen LogP contribution in [0.1, 0.15) is 20.8 Å². The molecule has 3 aromatic rings. The Morgan fingerprint density at radius 2 is 1.68 bits per heavy atom. The molecule has 0 aliphatic carbocycles. The second-order valence-corrected chi connectivity index (χ2v) is 6.67. The minimum atomic E-state index is -0.0719. The van der Waals surface area contributed by atoms with E-state index in [2.05, 4.69) is 0 Å². The third-order valence-corrected chi connectivity index (χ3v) is 4.69. The fraction of sp³-hybridized carbons (Fsp3) is 0.0556. The van der Waals surface area contributed by atoms with Crippen LogP contribution < -0.4 is 5.73 Å². The van der Waals surface area contributed by atoms with Crippen molar-refractivity contribution >= 4 is 33.7 Å². The van der Waals surface area contributed by atoms with E-state index in [4.69, 9.17) is 17.3 Å². The third-order valence-electron chi connectivity index (χ3n) is 3.51. The zero-order valence-corrected chi connectivity index (χ0v) is 13.5. The van der Waals surface area contributed by atoms with Crippen LogP contribution in [-0.2, 0) is 0 Å². The lowest BCUT2D eigenvalue weighted by Crippen LogP contribution is -2.04. The molecule has 1 aromatic heterocycles. The maximum absolute atomic E-state index is 12.9. The van der Waals surface area contributed by atoms with Gasteiger partial charge >= 0.3 is 0 Å². The first-order chi connectivity index (χ1) is 10.6. The van der Waals surface area contributed by atoms with Crippen LogP contribution in [-0.4, -0.2) is 5.78 Å². The molecule has 0 aliphatic heterocycles. The van der Waals surface area contributed by atoms with Gasteiger partial charge in [-0.1, -0.05) is 41.9 Å². The molecule has 2 nitrogen and oxygen atoms in total. The maximum atomic E-state index is 12.9. The molecular weight excluding hydrogens is 314 g/mol. The zero-order valence-electron chi connectivity index (χ0n) is 12.0. The van der Waals surface area contributed by atoms with E-state index in [0.717, 1.165) is 16.0 Å². The van der Waals surface area contributed by atoms with Crippen LogP contribution in [0.15, 0.2) is 54.6 Å². The van der Waals surface area contributed by atoms with E-state index in [0.29, 0.717) is 21.2 Å². The van der Waals surface area contributed by atoms with E-state index >= 15 is 0 Å². The summed E-state index contributed by atoms with van der Waals surface area (Å²) >= 11 is 7.34. The minimum Gasteiger partial charge on any atom is -0.390 e. The van der Waals surface area contributed by atoms with Gasteiger partial charge in [-0.3, -0.25) is 4.79 Å². The van der Waals surface area contributed by atoms with E-state index < -0.39 is 0 Å². The Hall–Kier alpha value is -2.10. The summed E-state index contributed by atoms with van der Waals surface area (Å²) in [6.07, 6.45) is 0. The molecule has 110 valence electrons. The highest BCUT2D eigenvalue weighted by Gasteiger charge is 2.22. The summed E-state index contributed by atoms with van der Waals surface area (Å²) in [5.41, 5.74) is 9.21. The lowest BCUT2D eigenvalue weighted by Gasteiger charge is -2.07. The summed E-state index contributed by atoms with van der Waals surface area (Å²) in [5, 5.41) is 1.16. The molecule has 3 rings (SSSR count). The van der Waals surface area contributed by atoms with Gasteiger partial charge in [-0.05, 0) is 36.8 Å². The van der Waals surface area contributed by atoms with Crippen molar-refractivity contribution in [3.63, 3.8) is 0 Å². The van der Waals surface area contributed by atoms with Crippen LogP contribution >= 0.6 is 22.9 Å². The Balaban J connectivity index is 2.15. The Morgan fingerprint density at radius 3 is 2.32 bits per heavy atom. The largest absolute Gasteiger partial charge is 0.390 e. The van der Waals surface area contributed by atoms with Crippen LogP contribution in [0.4, 0.5) is 5.00 Å². The van der Waals surface area contributed by atoms with E-state index in [-0.39, 0.29) is 5.78 Å². The standard InChI is InChI=1S/C18H14ClNOS/c1-11-15(12-5-3-2-4-6-12)16(18(20)22-11)17(21)13-7-9-14(19)10-8-13/h2-10H,20H2,1H3. The zero-order chi connectivity index (χ0) is 15.7. The van der Waals surface area contributed by atoms with Gasteiger partial charge in [0.15, 0.2) is 5.78 Å². The number of hydrogen-bond donors (Lipinski definition) is 1. The SMILES string of the molecule is Cc1sc(N)c(C(=O)c2ccc(Cl)cc2)c1-c1ccccc1. The van der Waals surface area contributed by atoms with Gasteiger partial charge in [-0.25, -0.2) is 0 Å². The van der Waals surface area contributed by atoms with Crippen molar-refractivity contribution in [1.29, 1.82) is 0 Å². The maximum Gasteiger partial charge on any atom is 0.196 e. The van der Waals surface area contributed by atoms with Crippen LogP contribution in [0.5, 0.6) is 0 Å². The summed E-state index contributed by atoms with van der Waals surface area (Å²) in [7, 11) is 0. The second-order valence-electron chi connectivity index (χ2n) is 4.97. The van der Waals surface area contributed by atoms with Crippen LogP contribution in [0.2, 0.25) is 5.02 Å². The molecule has 0 aliphatic rings. The molecule has 22 heavy (non-hydrogen) atoms. The smallest absolute Gasteiger partial charge is 0.196 e. The van der Waals surface area contributed by atoms with Crippen molar-refractivity contribution in [3.8, 4) is 11.1 Å². The lowest BCUT2D eigenvalue weighted by molar-refractivity contribution is 0.104. The summed E-state index contributed by atoms with van der Waals surface area (Å²) in [6.45, 7) is 1.99. The van der Waals surface area contributed by atoms with Crippen molar-refractivity contribution in [3.05, 3.63) is 75.6 Å². The quantitative estimate of drug-likeness (QED) is 0.673. The van der Waals surface area contributed by atoms with Crippen LogP contribution in [0.25, 0.3) is 11.1 Å². The molecule has 0 saturated carbocycles. The molecular formula is C18H14ClNOS. The first-order valence-corrected chi connectivity index (χ1v) is 8.02. The van der Waals surface area contributed by atoms with Gasteiger partial charge in [0.2, 0.25) is 0 Å². The molecule has 0 fully saturated rings. The number of aryl methyl sites for hydroxylation is 1. The number of nitrogen functional groups attached to an aromatic ring is 1. The highest BCUT2D eigenvalue weighted by atomic mass is 35.5. The van der Waals surface area contributed by atoms with Crippen LogP contribution in [0, 0.1) is 6.92 Å². The van der Waals surface area contributed by atoms with E-state index in [1.165, 1.54) is 11.3 Å². The summed E-state index contributed by atoms with van der Waals surface area (Å²) in [5.74, 6) is -0.0719. The normalized spacial score (nSPS) is 10.6.